The number of rotatable bonds is 5. The van der Waals surface area contributed by atoms with E-state index in [-0.39, 0.29) is 5.69 Å². The Labute approximate surface area is 97.2 Å². The fourth-order valence-corrected chi connectivity index (χ4v) is 2.00. The van der Waals surface area contributed by atoms with E-state index in [0.29, 0.717) is 22.8 Å². The van der Waals surface area contributed by atoms with Gasteiger partial charge in [0.25, 0.3) is 5.69 Å². The molecular weight excluding hydrogens is 228 g/mol. The van der Waals surface area contributed by atoms with E-state index in [1.807, 2.05) is 6.07 Å². The first-order valence-corrected chi connectivity index (χ1v) is 5.48. The van der Waals surface area contributed by atoms with Gasteiger partial charge in [-0.3, -0.25) is 10.1 Å². The monoisotopic (exact) mass is 238 g/mol. The van der Waals surface area contributed by atoms with Crippen molar-refractivity contribution >= 4 is 17.4 Å². The molecule has 5 nitrogen and oxygen atoms in total. The van der Waals surface area contributed by atoms with Gasteiger partial charge in [-0.05, 0) is 12.1 Å². The summed E-state index contributed by atoms with van der Waals surface area (Å²) in [6, 6.07) is 6.33. The van der Waals surface area contributed by atoms with Gasteiger partial charge in [0.2, 0.25) is 0 Å². The number of hydrogen-bond acceptors (Lipinski definition) is 5. The van der Waals surface area contributed by atoms with Crippen molar-refractivity contribution in [2.24, 2.45) is 0 Å². The minimum Gasteiger partial charge on any atom is -0.384 e. The number of nitro benzene ring substituents is 1. The number of thioether (sulfide) groups is 1. The fraction of sp³-hybridized carbons (Fsp3) is 0.300. The van der Waals surface area contributed by atoms with Gasteiger partial charge in [-0.25, -0.2) is 0 Å². The lowest BCUT2D eigenvalue weighted by molar-refractivity contribution is -0.387. The highest BCUT2D eigenvalue weighted by Crippen LogP contribution is 2.29. The molecule has 0 amide bonds. The van der Waals surface area contributed by atoms with Crippen LogP contribution >= 0.6 is 11.8 Å². The zero-order valence-electron chi connectivity index (χ0n) is 8.67. The van der Waals surface area contributed by atoms with Gasteiger partial charge in [-0.15, -0.1) is 11.8 Å². The molecule has 1 rings (SSSR count). The standard InChI is InChI=1S/C10H10N2O3S/c1-15-4-5-16-10-3-2-8(7-11)6-9(10)12(13)14/h2-3,6H,4-5H2,1H3. The molecular formula is C10H10N2O3S. The molecule has 0 unspecified atom stereocenters. The van der Waals surface area contributed by atoms with Gasteiger partial charge >= 0.3 is 0 Å². The van der Waals surface area contributed by atoms with E-state index in [0.717, 1.165) is 0 Å². The van der Waals surface area contributed by atoms with Crippen molar-refractivity contribution in [1.82, 2.24) is 0 Å². The average molecular weight is 238 g/mol. The molecule has 0 saturated heterocycles. The SMILES string of the molecule is COCCSc1ccc(C#N)cc1[N+](=O)[O-]. The minimum absolute atomic E-state index is 0.0276. The lowest BCUT2D eigenvalue weighted by Gasteiger charge is -2.02. The normalized spacial score (nSPS) is 9.75. The van der Waals surface area contributed by atoms with E-state index in [1.54, 1.807) is 19.2 Å². The molecule has 0 aliphatic carbocycles. The largest absolute Gasteiger partial charge is 0.384 e. The number of methoxy groups -OCH3 is 1. The molecule has 0 saturated carbocycles. The number of nitro groups is 1. The fourth-order valence-electron chi connectivity index (χ4n) is 1.09. The number of hydrogen-bond donors (Lipinski definition) is 0. The van der Waals surface area contributed by atoms with Gasteiger partial charge in [0, 0.05) is 18.9 Å². The van der Waals surface area contributed by atoms with Gasteiger partial charge in [0.05, 0.1) is 28.1 Å². The number of benzene rings is 1. The zero-order chi connectivity index (χ0) is 12.0. The second kappa shape index (κ2) is 6.10. The summed E-state index contributed by atoms with van der Waals surface area (Å²) in [6.45, 7) is 0.530. The predicted octanol–water partition coefficient (Wildman–Crippen LogP) is 2.20. The maximum Gasteiger partial charge on any atom is 0.284 e. The van der Waals surface area contributed by atoms with Crippen molar-refractivity contribution in [2.45, 2.75) is 4.90 Å². The molecule has 0 heterocycles. The van der Waals surface area contributed by atoms with Crippen molar-refractivity contribution in [1.29, 1.82) is 5.26 Å². The first kappa shape index (κ1) is 12.5. The quantitative estimate of drug-likeness (QED) is 0.340. The van der Waals surface area contributed by atoms with Crippen LogP contribution in [0.5, 0.6) is 0 Å². The molecule has 0 aliphatic heterocycles. The van der Waals surface area contributed by atoms with Crippen LogP contribution in [0.4, 0.5) is 5.69 Å². The van der Waals surface area contributed by atoms with Crippen LogP contribution in [0, 0.1) is 21.4 Å². The summed E-state index contributed by atoms with van der Waals surface area (Å²) in [7, 11) is 1.58. The second-order valence-electron chi connectivity index (χ2n) is 2.89. The first-order valence-electron chi connectivity index (χ1n) is 4.49. The lowest BCUT2D eigenvalue weighted by atomic mass is 10.2. The Bertz CT molecular complexity index is 429. The third-order valence-corrected chi connectivity index (χ3v) is 2.86. The van der Waals surface area contributed by atoms with Crippen LogP contribution in [0.15, 0.2) is 23.1 Å². The average Bonchev–Trinajstić information content (AvgIpc) is 2.29. The lowest BCUT2D eigenvalue weighted by Crippen LogP contribution is -1.95. The molecule has 0 radical (unpaired) electrons. The number of ether oxygens (including phenoxy) is 1. The molecule has 6 heteroatoms. The highest BCUT2D eigenvalue weighted by molar-refractivity contribution is 7.99. The molecule has 1 aromatic carbocycles. The van der Waals surface area contributed by atoms with E-state index in [2.05, 4.69) is 0 Å². The van der Waals surface area contributed by atoms with Gasteiger partial charge in [0.1, 0.15) is 0 Å². The maximum absolute atomic E-state index is 10.8. The van der Waals surface area contributed by atoms with E-state index >= 15 is 0 Å². The molecule has 0 aliphatic rings. The van der Waals surface area contributed by atoms with E-state index in [9.17, 15) is 10.1 Å². The number of nitriles is 1. The molecule has 1 aromatic rings. The summed E-state index contributed by atoms with van der Waals surface area (Å²) in [4.78, 5) is 10.9. The Kier molecular flexibility index (Phi) is 4.76. The van der Waals surface area contributed by atoms with Crippen LogP contribution in [-0.4, -0.2) is 24.4 Å². The Hall–Kier alpha value is -1.58. The van der Waals surface area contributed by atoms with Crippen molar-refractivity contribution in [3.8, 4) is 6.07 Å². The van der Waals surface area contributed by atoms with Crippen molar-refractivity contribution < 1.29 is 9.66 Å². The van der Waals surface area contributed by atoms with E-state index < -0.39 is 4.92 Å². The smallest absolute Gasteiger partial charge is 0.284 e. The van der Waals surface area contributed by atoms with Crippen molar-refractivity contribution in [3.63, 3.8) is 0 Å². The molecule has 0 fully saturated rings. The van der Waals surface area contributed by atoms with E-state index in [1.165, 1.54) is 17.8 Å². The van der Waals surface area contributed by atoms with Crippen LogP contribution in [0.2, 0.25) is 0 Å². The van der Waals surface area contributed by atoms with Crippen molar-refractivity contribution in [2.75, 3.05) is 19.5 Å². The van der Waals surface area contributed by atoms with Crippen LogP contribution < -0.4 is 0 Å². The Morgan fingerprint density at radius 1 is 1.62 bits per heavy atom. The highest BCUT2D eigenvalue weighted by Gasteiger charge is 2.14. The van der Waals surface area contributed by atoms with Crippen LogP contribution in [0.1, 0.15) is 5.56 Å². The Balaban J connectivity index is 2.91. The van der Waals surface area contributed by atoms with Gasteiger partial charge in [-0.2, -0.15) is 5.26 Å². The topological polar surface area (TPSA) is 76.2 Å². The maximum atomic E-state index is 10.8. The van der Waals surface area contributed by atoms with Crippen LogP contribution in [0.25, 0.3) is 0 Å². The molecule has 84 valence electrons. The predicted molar refractivity (Wildman–Crippen MR) is 60.4 cm³/mol. The summed E-state index contributed by atoms with van der Waals surface area (Å²) >= 11 is 1.34. The van der Waals surface area contributed by atoms with Gasteiger partial charge < -0.3 is 4.74 Å². The molecule has 0 atom stereocenters. The number of nitrogens with zero attached hydrogens (tertiary/aromatic N) is 2. The second-order valence-corrected chi connectivity index (χ2v) is 4.03. The summed E-state index contributed by atoms with van der Waals surface area (Å²) in [6.07, 6.45) is 0. The van der Waals surface area contributed by atoms with E-state index in [4.69, 9.17) is 10.00 Å². The Morgan fingerprint density at radius 2 is 2.38 bits per heavy atom. The molecule has 0 bridgehead atoms. The third-order valence-electron chi connectivity index (χ3n) is 1.83. The summed E-state index contributed by atoms with van der Waals surface area (Å²) in [5, 5.41) is 19.4. The summed E-state index contributed by atoms with van der Waals surface area (Å²) in [5.74, 6) is 0.642. The minimum atomic E-state index is -0.476. The summed E-state index contributed by atoms with van der Waals surface area (Å²) in [5.41, 5.74) is 0.267. The molecule has 16 heavy (non-hydrogen) atoms. The first-order chi connectivity index (χ1) is 7.69. The van der Waals surface area contributed by atoms with Gasteiger partial charge in [-0.1, -0.05) is 0 Å². The molecule has 0 spiro atoms. The molecule has 0 N–H and O–H groups in total. The third kappa shape index (κ3) is 3.22. The van der Waals surface area contributed by atoms with Gasteiger partial charge in [0.15, 0.2) is 0 Å². The van der Waals surface area contributed by atoms with Crippen LogP contribution in [0.3, 0.4) is 0 Å². The highest BCUT2D eigenvalue weighted by atomic mass is 32.2. The Morgan fingerprint density at radius 3 is 2.94 bits per heavy atom. The van der Waals surface area contributed by atoms with Crippen LogP contribution in [-0.2, 0) is 4.74 Å². The molecule has 0 aromatic heterocycles. The van der Waals surface area contributed by atoms with Crippen molar-refractivity contribution in [3.05, 3.63) is 33.9 Å². The zero-order valence-corrected chi connectivity index (χ0v) is 9.49. The summed E-state index contributed by atoms with van der Waals surface area (Å²) < 4.78 is 4.87.